The molecule has 0 aromatic carbocycles. The minimum absolute atomic E-state index is 0.445. The first kappa shape index (κ1) is 15.8. The van der Waals surface area contributed by atoms with Crippen molar-refractivity contribution in [1.82, 2.24) is 10.2 Å². The molecule has 1 heterocycles. The van der Waals surface area contributed by atoms with Crippen molar-refractivity contribution in [1.29, 1.82) is 0 Å². The third kappa shape index (κ3) is 3.17. The molecule has 0 amide bonds. The first-order valence-corrected chi connectivity index (χ1v) is 9.79. The molecule has 2 saturated carbocycles. The van der Waals surface area contributed by atoms with Gasteiger partial charge in [0.15, 0.2) is 0 Å². The highest BCUT2D eigenvalue weighted by Gasteiger charge is 2.44. The molecule has 21 heavy (non-hydrogen) atoms. The Morgan fingerprint density at radius 1 is 0.905 bits per heavy atom. The molecule has 3 rings (SSSR count). The van der Waals surface area contributed by atoms with E-state index in [4.69, 9.17) is 0 Å². The van der Waals surface area contributed by atoms with E-state index in [0.29, 0.717) is 5.54 Å². The number of nitrogens with one attached hydrogen (secondary N) is 1. The summed E-state index contributed by atoms with van der Waals surface area (Å²) in [5.74, 6) is 0.953. The second kappa shape index (κ2) is 7.00. The molecule has 2 heteroatoms. The zero-order valence-electron chi connectivity index (χ0n) is 14.4. The highest BCUT2D eigenvalue weighted by Crippen LogP contribution is 2.37. The van der Waals surface area contributed by atoms with Crippen LogP contribution in [-0.4, -0.2) is 35.6 Å². The van der Waals surface area contributed by atoms with E-state index >= 15 is 0 Å². The van der Waals surface area contributed by atoms with Crippen molar-refractivity contribution in [2.24, 2.45) is 5.92 Å². The highest BCUT2D eigenvalue weighted by atomic mass is 15.3. The van der Waals surface area contributed by atoms with Gasteiger partial charge in [-0.15, -0.1) is 0 Å². The van der Waals surface area contributed by atoms with Gasteiger partial charge in [-0.05, 0) is 44.4 Å². The Hall–Kier alpha value is -0.0800. The van der Waals surface area contributed by atoms with Crippen molar-refractivity contribution in [3.63, 3.8) is 0 Å². The van der Waals surface area contributed by atoms with Crippen molar-refractivity contribution < 1.29 is 0 Å². The van der Waals surface area contributed by atoms with Gasteiger partial charge in [0.2, 0.25) is 0 Å². The fourth-order valence-corrected chi connectivity index (χ4v) is 5.40. The number of hydrogen-bond donors (Lipinski definition) is 1. The summed E-state index contributed by atoms with van der Waals surface area (Å²) in [5, 5.41) is 3.99. The fourth-order valence-electron chi connectivity index (χ4n) is 5.40. The Bertz CT molecular complexity index is 312. The van der Waals surface area contributed by atoms with Crippen LogP contribution in [-0.2, 0) is 0 Å². The average Bonchev–Trinajstić information content (AvgIpc) is 3.09. The second-order valence-corrected chi connectivity index (χ2v) is 7.91. The summed E-state index contributed by atoms with van der Waals surface area (Å²) in [6.07, 6.45) is 15.8. The Morgan fingerprint density at radius 3 is 2.14 bits per heavy atom. The van der Waals surface area contributed by atoms with Gasteiger partial charge in [-0.2, -0.15) is 0 Å². The Labute approximate surface area is 132 Å². The molecule has 0 aromatic rings. The molecule has 1 aliphatic heterocycles. The van der Waals surface area contributed by atoms with Crippen LogP contribution < -0.4 is 5.32 Å². The van der Waals surface area contributed by atoms with Crippen LogP contribution in [0.3, 0.4) is 0 Å². The van der Waals surface area contributed by atoms with Crippen LogP contribution in [0.15, 0.2) is 0 Å². The second-order valence-electron chi connectivity index (χ2n) is 7.91. The summed E-state index contributed by atoms with van der Waals surface area (Å²) < 4.78 is 0. The van der Waals surface area contributed by atoms with Crippen LogP contribution in [0.1, 0.15) is 84.5 Å². The first-order valence-electron chi connectivity index (χ1n) is 9.79. The van der Waals surface area contributed by atoms with Gasteiger partial charge in [0, 0.05) is 30.7 Å². The molecule has 122 valence electrons. The van der Waals surface area contributed by atoms with E-state index in [2.05, 4.69) is 24.1 Å². The van der Waals surface area contributed by atoms with E-state index in [1.54, 1.807) is 0 Å². The maximum absolute atomic E-state index is 3.99. The van der Waals surface area contributed by atoms with E-state index in [9.17, 15) is 0 Å². The monoisotopic (exact) mass is 292 g/mol. The van der Waals surface area contributed by atoms with Gasteiger partial charge in [0.1, 0.15) is 0 Å². The van der Waals surface area contributed by atoms with Crippen LogP contribution in [0.2, 0.25) is 0 Å². The molecule has 1 N–H and O–H groups in total. The fraction of sp³-hybridized carbons (Fsp3) is 1.00. The Balaban J connectivity index is 1.72. The molecule has 1 unspecified atom stereocenters. The molecule has 0 aromatic heterocycles. The standard InChI is InChI=1S/C19H36N2/c1-3-19(4-2)15-20-18(16-10-6-5-7-11-16)14-21(19)17-12-8-9-13-17/h16-18,20H,3-15H2,1-2H3. The van der Waals surface area contributed by atoms with Crippen molar-refractivity contribution >= 4 is 0 Å². The topological polar surface area (TPSA) is 15.3 Å². The first-order chi connectivity index (χ1) is 10.3. The number of hydrogen-bond acceptors (Lipinski definition) is 2. The van der Waals surface area contributed by atoms with E-state index in [-0.39, 0.29) is 0 Å². The Kier molecular flexibility index (Phi) is 5.27. The lowest BCUT2D eigenvalue weighted by molar-refractivity contribution is -0.0163. The van der Waals surface area contributed by atoms with Gasteiger partial charge in [0.25, 0.3) is 0 Å². The summed E-state index contributed by atoms with van der Waals surface area (Å²) in [6, 6.07) is 1.66. The molecular formula is C19H36N2. The van der Waals surface area contributed by atoms with E-state index in [1.165, 1.54) is 83.7 Å². The van der Waals surface area contributed by atoms with Crippen LogP contribution in [0.25, 0.3) is 0 Å². The number of rotatable bonds is 4. The smallest absolute Gasteiger partial charge is 0.0332 e. The highest BCUT2D eigenvalue weighted by molar-refractivity contribution is 5.02. The predicted octanol–water partition coefficient (Wildman–Crippen LogP) is 4.34. The molecule has 0 bridgehead atoms. The zero-order chi connectivity index (χ0) is 14.7. The van der Waals surface area contributed by atoms with Crippen molar-refractivity contribution in [2.45, 2.75) is 102 Å². The Morgan fingerprint density at radius 2 is 1.52 bits per heavy atom. The maximum Gasteiger partial charge on any atom is 0.0332 e. The number of nitrogens with zero attached hydrogens (tertiary/aromatic N) is 1. The molecule has 1 atom stereocenters. The quantitative estimate of drug-likeness (QED) is 0.829. The van der Waals surface area contributed by atoms with Crippen LogP contribution in [0.5, 0.6) is 0 Å². The summed E-state index contributed by atoms with van der Waals surface area (Å²) in [7, 11) is 0. The third-order valence-electron chi connectivity index (χ3n) is 7.00. The normalized spacial score (nSPS) is 32.6. The summed E-state index contributed by atoms with van der Waals surface area (Å²) in [4.78, 5) is 2.98. The van der Waals surface area contributed by atoms with Gasteiger partial charge in [0.05, 0.1) is 0 Å². The molecule has 3 aliphatic rings. The van der Waals surface area contributed by atoms with Crippen molar-refractivity contribution in [3.05, 3.63) is 0 Å². The maximum atomic E-state index is 3.99. The van der Waals surface area contributed by atoms with Crippen molar-refractivity contribution in [2.75, 3.05) is 13.1 Å². The lowest BCUT2D eigenvalue weighted by Gasteiger charge is -2.54. The van der Waals surface area contributed by atoms with Gasteiger partial charge in [-0.1, -0.05) is 46.0 Å². The zero-order valence-corrected chi connectivity index (χ0v) is 14.4. The lowest BCUT2D eigenvalue weighted by atomic mass is 9.79. The number of piperazine rings is 1. The minimum atomic E-state index is 0.445. The molecule has 0 radical (unpaired) electrons. The van der Waals surface area contributed by atoms with Gasteiger partial charge in [-0.25, -0.2) is 0 Å². The summed E-state index contributed by atoms with van der Waals surface area (Å²) >= 11 is 0. The molecular weight excluding hydrogens is 256 g/mol. The van der Waals surface area contributed by atoms with Crippen molar-refractivity contribution in [3.8, 4) is 0 Å². The molecule has 1 saturated heterocycles. The average molecular weight is 293 g/mol. The lowest BCUT2D eigenvalue weighted by Crippen LogP contribution is -2.67. The van der Waals surface area contributed by atoms with E-state index < -0.39 is 0 Å². The van der Waals surface area contributed by atoms with Crippen LogP contribution in [0, 0.1) is 5.92 Å². The van der Waals surface area contributed by atoms with E-state index in [0.717, 1.165) is 18.0 Å². The summed E-state index contributed by atoms with van der Waals surface area (Å²) in [5.41, 5.74) is 0.445. The van der Waals surface area contributed by atoms with Crippen LogP contribution >= 0.6 is 0 Å². The molecule has 2 aliphatic carbocycles. The SMILES string of the molecule is CCC1(CC)CNC(C2CCCCC2)CN1C1CCCC1. The van der Waals surface area contributed by atoms with E-state index in [1.807, 2.05) is 0 Å². The van der Waals surface area contributed by atoms with Gasteiger partial charge in [-0.3, -0.25) is 4.90 Å². The van der Waals surface area contributed by atoms with Crippen LogP contribution in [0.4, 0.5) is 0 Å². The van der Waals surface area contributed by atoms with Gasteiger partial charge < -0.3 is 5.32 Å². The summed E-state index contributed by atoms with van der Waals surface area (Å²) in [6.45, 7) is 7.39. The predicted molar refractivity (Wildman–Crippen MR) is 90.6 cm³/mol. The third-order valence-corrected chi connectivity index (χ3v) is 7.00. The van der Waals surface area contributed by atoms with Gasteiger partial charge >= 0.3 is 0 Å². The molecule has 0 spiro atoms. The minimum Gasteiger partial charge on any atom is -0.311 e. The molecule has 2 nitrogen and oxygen atoms in total. The largest absolute Gasteiger partial charge is 0.311 e. The molecule has 3 fully saturated rings.